The Morgan fingerprint density at radius 3 is 2.61 bits per heavy atom. The van der Waals surface area contributed by atoms with E-state index in [4.69, 9.17) is 9.47 Å². The second kappa shape index (κ2) is 4.00. The first-order valence-corrected chi connectivity index (χ1v) is 7.60. The maximum absolute atomic E-state index is 5.64. The molecule has 7 unspecified atom stereocenters. The second-order valence-corrected chi connectivity index (χ2v) is 7.01. The Balaban J connectivity index is 1.50. The number of hydrogen-bond acceptors (Lipinski definition) is 2. The van der Waals surface area contributed by atoms with Crippen LogP contribution >= 0.6 is 0 Å². The van der Waals surface area contributed by atoms with Gasteiger partial charge >= 0.3 is 0 Å². The molecular weight excluding hydrogens is 224 g/mol. The van der Waals surface area contributed by atoms with Crippen LogP contribution in [0.15, 0.2) is 12.3 Å². The lowest BCUT2D eigenvalue weighted by molar-refractivity contribution is -0.0166. The monoisotopic (exact) mass is 248 g/mol. The van der Waals surface area contributed by atoms with Crippen molar-refractivity contribution in [3.63, 3.8) is 0 Å². The fourth-order valence-corrected chi connectivity index (χ4v) is 6.18. The summed E-state index contributed by atoms with van der Waals surface area (Å²) < 4.78 is 10.6. The zero-order valence-corrected chi connectivity index (χ0v) is 11.3. The lowest BCUT2D eigenvalue weighted by Crippen LogP contribution is -2.33. The molecule has 2 nitrogen and oxygen atoms in total. The molecule has 0 aliphatic heterocycles. The smallest absolute Gasteiger partial charge is 0.188 e. The van der Waals surface area contributed by atoms with Crippen molar-refractivity contribution in [1.29, 1.82) is 0 Å². The minimum Gasteiger partial charge on any atom is -0.472 e. The van der Waals surface area contributed by atoms with E-state index >= 15 is 0 Å². The van der Waals surface area contributed by atoms with E-state index in [2.05, 4.69) is 6.58 Å². The van der Waals surface area contributed by atoms with Crippen LogP contribution in [-0.4, -0.2) is 13.9 Å². The Morgan fingerprint density at radius 1 is 1.06 bits per heavy atom. The van der Waals surface area contributed by atoms with Crippen LogP contribution in [0.25, 0.3) is 0 Å². The van der Waals surface area contributed by atoms with Gasteiger partial charge in [0.15, 0.2) is 6.79 Å². The predicted octanol–water partition coefficient (Wildman–Crippen LogP) is 3.44. The van der Waals surface area contributed by atoms with E-state index in [-0.39, 0.29) is 0 Å². The van der Waals surface area contributed by atoms with Gasteiger partial charge in [0, 0.05) is 13.0 Å². The Labute approximate surface area is 110 Å². The molecule has 0 saturated heterocycles. The molecule has 4 saturated carbocycles. The van der Waals surface area contributed by atoms with Crippen LogP contribution in [-0.2, 0) is 9.47 Å². The topological polar surface area (TPSA) is 18.5 Å². The summed E-state index contributed by atoms with van der Waals surface area (Å²) in [4.78, 5) is 0. The lowest BCUT2D eigenvalue weighted by Gasteiger charge is -2.39. The molecular formula is C16H24O2. The van der Waals surface area contributed by atoms with E-state index in [1.807, 2.05) is 0 Å². The van der Waals surface area contributed by atoms with E-state index in [0.717, 1.165) is 41.3 Å². The summed E-state index contributed by atoms with van der Waals surface area (Å²) in [6.45, 7) is 4.53. The van der Waals surface area contributed by atoms with Gasteiger partial charge in [0.2, 0.25) is 0 Å². The molecule has 0 heterocycles. The number of allylic oxidation sites excluding steroid dienone is 1. The molecule has 0 aromatic carbocycles. The highest BCUT2D eigenvalue weighted by atomic mass is 16.7. The predicted molar refractivity (Wildman–Crippen MR) is 69.6 cm³/mol. The van der Waals surface area contributed by atoms with Gasteiger partial charge in [-0.1, -0.05) is 6.58 Å². The van der Waals surface area contributed by atoms with E-state index in [9.17, 15) is 0 Å². The molecule has 7 atom stereocenters. The van der Waals surface area contributed by atoms with Crippen molar-refractivity contribution in [1.82, 2.24) is 0 Å². The van der Waals surface area contributed by atoms with Crippen molar-refractivity contribution in [3.05, 3.63) is 12.3 Å². The van der Waals surface area contributed by atoms with Crippen LogP contribution in [0, 0.1) is 41.4 Å². The zero-order valence-electron chi connectivity index (χ0n) is 11.3. The number of methoxy groups -OCH3 is 1. The van der Waals surface area contributed by atoms with Crippen molar-refractivity contribution >= 4 is 0 Å². The quantitative estimate of drug-likeness (QED) is 0.431. The third-order valence-electron chi connectivity index (χ3n) is 6.51. The van der Waals surface area contributed by atoms with Crippen molar-refractivity contribution in [3.8, 4) is 0 Å². The van der Waals surface area contributed by atoms with Crippen molar-refractivity contribution in [2.75, 3.05) is 13.9 Å². The number of fused-ring (bicyclic) bond motifs is 9. The summed E-state index contributed by atoms with van der Waals surface area (Å²) in [6, 6.07) is 0. The third-order valence-corrected chi connectivity index (χ3v) is 6.51. The molecule has 4 rings (SSSR count). The van der Waals surface area contributed by atoms with Gasteiger partial charge in [0.05, 0.1) is 5.76 Å². The van der Waals surface area contributed by atoms with Gasteiger partial charge in [0.1, 0.15) is 0 Å². The Kier molecular flexibility index (Phi) is 2.52. The van der Waals surface area contributed by atoms with Crippen LogP contribution in [0.1, 0.15) is 32.1 Å². The van der Waals surface area contributed by atoms with Gasteiger partial charge in [-0.25, -0.2) is 0 Å². The summed E-state index contributed by atoms with van der Waals surface area (Å²) in [5.74, 6) is 7.76. The van der Waals surface area contributed by atoms with Crippen molar-refractivity contribution in [2.24, 2.45) is 41.4 Å². The number of rotatable bonds is 4. The molecule has 0 aromatic rings. The highest BCUT2D eigenvalue weighted by Gasteiger charge is 2.62. The molecule has 0 spiro atoms. The zero-order chi connectivity index (χ0) is 12.3. The first kappa shape index (κ1) is 11.3. The van der Waals surface area contributed by atoms with Gasteiger partial charge < -0.3 is 9.47 Å². The molecule has 18 heavy (non-hydrogen) atoms. The average Bonchev–Trinajstić information content (AvgIpc) is 3.10. The normalized spacial score (nSPS) is 51.7. The maximum atomic E-state index is 5.64. The van der Waals surface area contributed by atoms with Crippen molar-refractivity contribution < 1.29 is 9.47 Å². The highest BCUT2D eigenvalue weighted by molar-refractivity contribution is 5.15. The van der Waals surface area contributed by atoms with Gasteiger partial charge in [-0.2, -0.15) is 0 Å². The van der Waals surface area contributed by atoms with Crippen LogP contribution in [0.2, 0.25) is 0 Å². The SMILES string of the molecule is C=C(OCOC)C1CC2CC1C1C3CCC(C3)C21. The third kappa shape index (κ3) is 1.39. The summed E-state index contributed by atoms with van der Waals surface area (Å²) in [5.41, 5.74) is 0. The van der Waals surface area contributed by atoms with E-state index in [1.54, 1.807) is 13.5 Å². The summed E-state index contributed by atoms with van der Waals surface area (Å²) in [6.07, 6.45) is 7.38. The Hall–Kier alpha value is -0.500. The summed E-state index contributed by atoms with van der Waals surface area (Å²) >= 11 is 0. The van der Waals surface area contributed by atoms with Crippen LogP contribution in [0.4, 0.5) is 0 Å². The van der Waals surface area contributed by atoms with Crippen LogP contribution in [0.5, 0.6) is 0 Å². The molecule has 0 aromatic heterocycles. The lowest BCUT2D eigenvalue weighted by atomic mass is 9.67. The largest absolute Gasteiger partial charge is 0.472 e. The fraction of sp³-hybridized carbons (Fsp3) is 0.875. The molecule has 0 N–H and O–H groups in total. The molecule has 4 aliphatic rings. The van der Waals surface area contributed by atoms with Gasteiger partial charge in [-0.15, -0.1) is 0 Å². The first-order chi connectivity index (χ1) is 8.79. The Morgan fingerprint density at radius 2 is 1.83 bits per heavy atom. The molecule has 4 fully saturated rings. The second-order valence-electron chi connectivity index (χ2n) is 7.01. The maximum Gasteiger partial charge on any atom is 0.188 e. The minimum absolute atomic E-state index is 0.368. The fourth-order valence-electron chi connectivity index (χ4n) is 6.18. The standard InChI is InChI=1S/C16H24O2/c1-9(18-8-17-2)13-6-12-7-14(13)16-11-4-3-10(5-11)15(12)16/h10-16H,1,3-8H2,2H3. The molecule has 100 valence electrons. The average molecular weight is 248 g/mol. The minimum atomic E-state index is 0.368. The van der Waals surface area contributed by atoms with E-state index in [0.29, 0.717) is 12.7 Å². The molecule has 4 aliphatic carbocycles. The summed E-state index contributed by atoms with van der Waals surface area (Å²) in [5, 5.41) is 0. The van der Waals surface area contributed by atoms with Gasteiger partial charge in [0.25, 0.3) is 0 Å². The van der Waals surface area contributed by atoms with Gasteiger partial charge in [-0.3, -0.25) is 0 Å². The Bertz CT molecular complexity index is 364. The first-order valence-electron chi connectivity index (χ1n) is 7.60. The van der Waals surface area contributed by atoms with E-state index in [1.165, 1.54) is 25.7 Å². The van der Waals surface area contributed by atoms with Crippen molar-refractivity contribution in [2.45, 2.75) is 32.1 Å². The number of ether oxygens (including phenoxy) is 2. The van der Waals surface area contributed by atoms with Crippen LogP contribution < -0.4 is 0 Å². The molecule has 0 amide bonds. The highest BCUT2D eigenvalue weighted by Crippen LogP contribution is 2.69. The van der Waals surface area contributed by atoms with Crippen LogP contribution in [0.3, 0.4) is 0 Å². The molecule has 4 bridgehead atoms. The molecule has 0 radical (unpaired) electrons. The molecule has 2 heteroatoms. The summed E-state index contributed by atoms with van der Waals surface area (Å²) in [7, 11) is 1.68. The number of hydrogen-bond donors (Lipinski definition) is 0. The van der Waals surface area contributed by atoms with E-state index < -0.39 is 0 Å². The van der Waals surface area contributed by atoms with Gasteiger partial charge in [-0.05, 0) is 67.6 Å².